The number of halogens is 1. The zero-order valence-electron chi connectivity index (χ0n) is 11.9. The van der Waals surface area contributed by atoms with Crippen LogP contribution in [-0.4, -0.2) is 30.2 Å². The maximum Gasteiger partial charge on any atom is 0.0950 e. The first-order valence-electron chi connectivity index (χ1n) is 7.24. The second-order valence-electron chi connectivity index (χ2n) is 5.48. The second-order valence-corrected chi connectivity index (χ2v) is 5.89. The number of hydrogen-bond donors (Lipinski definition) is 1. The van der Waals surface area contributed by atoms with Crippen LogP contribution in [0.2, 0.25) is 5.02 Å². The predicted molar refractivity (Wildman–Crippen MR) is 85.6 cm³/mol. The first kappa shape index (κ1) is 13.7. The van der Waals surface area contributed by atoms with Gasteiger partial charge in [-0.05, 0) is 37.6 Å². The lowest BCUT2D eigenvalue weighted by Gasteiger charge is -2.40. The standard InChI is InChI=1S/C16H20ClN3/c1-3-12-10-20(11(2)9-19-12)15-7-6-14(17)13-5-4-8-18-16(13)15/h4-8,11-12,19H,3,9-10H2,1-2H3. The molecule has 2 unspecified atom stereocenters. The van der Waals surface area contributed by atoms with Crippen LogP contribution in [0.1, 0.15) is 20.3 Å². The molecule has 4 heteroatoms. The van der Waals surface area contributed by atoms with Gasteiger partial charge < -0.3 is 10.2 Å². The van der Waals surface area contributed by atoms with Crippen molar-refractivity contribution in [1.82, 2.24) is 10.3 Å². The van der Waals surface area contributed by atoms with Crippen molar-refractivity contribution in [2.24, 2.45) is 0 Å². The number of hydrogen-bond acceptors (Lipinski definition) is 3. The topological polar surface area (TPSA) is 28.2 Å². The third-order valence-corrected chi connectivity index (χ3v) is 4.48. The van der Waals surface area contributed by atoms with Crippen LogP contribution in [0.15, 0.2) is 30.5 Å². The molecular weight excluding hydrogens is 270 g/mol. The Balaban J connectivity index is 2.07. The molecule has 2 heterocycles. The summed E-state index contributed by atoms with van der Waals surface area (Å²) in [6.45, 7) is 6.51. The quantitative estimate of drug-likeness (QED) is 0.918. The van der Waals surface area contributed by atoms with Crippen LogP contribution in [0.4, 0.5) is 5.69 Å². The Labute approximate surface area is 124 Å². The molecule has 0 amide bonds. The molecule has 0 bridgehead atoms. The summed E-state index contributed by atoms with van der Waals surface area (Å²) in [5.41, 5.74) is 2.20. The molecular formula is C16H20ClN3. The molecule has 1 aliphatic rings. The highest BCUT2D eigenvalue weighted by molar-refractivity contribution is 6.35. The van der Waals surface area contributed by atoms with Gasteiger partial charge in [0.2, 0.25) is 0 Å². The summed E-state index contributed by atoms with van der Waals surface area (Å²) < 4.78 is 0. The third-order valence-electron chi connectivity index (χ3n) is 4.15. The Morgan fingerprint density at radius 3 is 3.05 bits per heavy atom. The van der Waals surface area contributed by atoms with Gasteiger partial charge in [-0.2, -0.15) is 0 Å². The van der Waals surface area contributed by atoms with Gasteiger partial charge in [-0.15, -0.1) is 0 Å². The highest BCUT2D eigenvalue weighted by atomic mass is 35.5. The molecule has 1 aromatic heterocycles. The van der Waals surface area contributed by atoms with Crippen LogP contribution in [0.3, 0.4) is 0 Å². The minimum Gasteiger partial charge on any atom is -0.364 e. The van der Waals surface area contributed by atoms with Crippen LogP contribution in [0.5, 0.6) is 0 Å². The SMILES string of the molecule is CCC1CN(c2ccc(Cl)c3cccnc23)C(C)CN1. The van der Waals surface area contributed by atoms with E-state index in [-0.39, 0.29) is 0 Å². The molecule has 106 valence electrons. The molecule has 0 aliphatic carbocycles. The molecule has 0 radical (unpaired) electrons. The van der Waals surface area contributed by atoms with E-state index in [9.17, 15) is 0 Å². The van der Waals surface area contributed by atoms with Gasteiger partial charge in [0.25, 0.3) is 0 Å². The number of nitrogens with zero attached hydrogens (tertiary/aromatic N) is 2. The smallest absolute Gasteiger partial charge is 0.0950 e. The Hall–Kier alpha value is -1.32. The number of anilines is 1. The van der Waals surface area contributed by atoms with Crippen LogP contribution < -0.4 is 10.2 Å². The van der Waals surface area contributed by atoms with Gasteiger partial charge in [0.05, 0.1) is 16.2 Å². The number of piperazine rings is 1. The second kappa shape index (κ2) is 5.58. The number of nitrogens with one attached hydrogen (secondary N) is 1. The van der Waals surface area contributed by atoms with Crippen molar-refractivity contribution in [3.8, 4) is 0 Å². The molecule has 2 atom stereocenters. The maximum atomic E-state index is 6.29. The van der Waals surface area contributed by atoms with Gasteiger partial charge in [-0.25, -0.2) is 0 Å². The summed E-state index contributed by atoms with van der Waals surface area (Å²) in [5.74, 6) is 0. The molecule has 1 aromatic carbocycles. The van der Waals surface area contributed by atoms with Crippen LogP contribution in [-0.2, 0) is 0 Å². The Kier molecular flexibility index (Phi) is 3.81. The lowest BCUT2D eigenvalue weighted by Crippen LogP contribution is -2.55. The molecule has 1 fully saturated rings. The lowest BCUT2D eigenvalue weighted by molar-refractivity contribution is 0.398. The van der Waals surface area contributed by atoms with Crippen molar-refractivity contribution in [3.05, 3.63) is 35.5 Å². The summed E-state index contributed by atoms with van der Waals surface area (Å²) in [6.07, 6.45) is 2.98. The van der Waals surface area contributed by atoms with E-state index in [0.717, 1.165) is 35.4 Å². The molecule has 1 saturated heterocycles. The summed E-state index contributed by atoms with van der Waals surface area (Å²) in [5, 5.41) is 5.39. The molecule has 1 aliphatic heterocycles. The Bertz CT molecular complexity index is 614. The number of aromatic nitrogens is 1. The monoisotopic (exact) mass is 289 g/mol. The van der Waals surface area contributed by atoms with Crippen molar-refractivity contribution in [3.63, 3.8) is 0 Å². The van der Waals surface area contributed by atoms with Crippen molar-refractivity contribution in [1.29, 1.82) is 0 Å². The average Bonchev–Trinajstić information content (AvgIpc) is 2.49. The van der Waals surface area contributed by atoms with Crippen molar-refractivity contribution < 1.29 is 0 Å². The highest BCUT2D eigenvalue weighted by Crippen LogP contribution is 2.32. The van der Waals surface area contributed by atoms with Gasteiger partial charge in [0.15, 0.2) is 0 Å². The van der Waals surface area contributed by atoms with Gasteiger partial charge in [0.1, 0.15) is 0 Å². The van der Waals surface area contributed by atoms with Gasteiger partial charge in [0, 0.05) is 36.8 Å². The van der Waals surface area contributed by atoms with Crippen LogP contribution >= 0.6 is 11.6 Å². The third kappa shape index (κ3) is 2.36. The number of rotatable bonds is 2. The number of fused-ring (bicyclic) bond motifs is 1. The van der Waals surface area contributed by atoms with Crippen molar-refractivity contribution in [2.45, 2.75) is 32.4 Å². The molecule has 0 spiro atoms. The number of pyridine rings is 1. The average molecular weight is 290 g/mol. The zero-order valence-corrected chi connectivity index (χ0v) is 12.7. The summed E-state index contributed by atoms with van der Waals surface area (Å²) in [6, 6.07) is 9.07. The Morgan fingerprint density at radius 1 is 1.40 bits per heavy atom. The van der Waals surface area contributed by atoms with E-state index in [0.29, 0.717) is 12.1 Å². The maximum absolute atomic E-state index is 6.29. The van der Waals surface area contributed by atoms with Crippen LogP contribution in [0, 0.1) is 0 Å². The van der Waals surface area contributed by atoms with Crippen molar-refractivity contribution in [2.75, 3.05) is 18.0 Å². The molecule has 2 aromatic rings. The van der Waals surface area contributed by atoms with E-state index in [4.69, 9.17) is 11.6 Å². The van der Waals surface area contributed by atoms with E-state index in [1.54, 1.807) is 0 Å². The predicted octanol–water partition coefficient (Wildman–Crippen LogP) is 3.46. The lowest BCUT2D eigenvalue weighted by atomic mass is 10.1. The fraction of sp³-hybridized carbons (Fsp3) is 0.438. The fourth-order valence-corrected chi connectivity index (χ4v) is 3.11. The van der Waals surface area contributed by atoms with Crippen molar-refractivity contribution >= 4 is 28.2 Å². The van der Waals surface area contributed by atoms with E-state index in [1.807, 2.05) is 24.4 Å². The summed E-state index contributed by atoms with van der Waals surface area (Å²) in [7, 11) is 0. The van der Waals surface area contributed by atoms with E-state index in [1.165, 1.54) is 5.69 Å². The first-order chi connectivity index (χ1) is 9.70. The molecule has 0 saturated carbocycles. The van der Waals surface area contributed by atoms with E-state index in [2.05, 4.69) is 35.1 Å². The van der Waals surface area contributed by atoms with Gasteiger partial charge in [-0.3, -0.25) is 4.98 Å². The van der Waals surface area contributed by atoms with E-state index >= 15 is 0 Å². The fourth-order valence-electron chi connectivity index (χ4n) is 2.89. The molecule has 20 heavy (non-hydrogen) atoms. The highest BCUT2D eigenvalue weighted by Gasteiger charge is 2.25. The normalized spacial score (nSPS) is 23.2. The molecule has 1 N–H and O–H groups in total. The molecule has 3 rings (SSSR count). The number of benzene rings is 1. The van der Waals surface area contributed by atoms with Gasteiger partial charge in [-0.1, -0.05) is 18.5 Å². The summed E-state index contributed by atoms with van der Waals surface area (Å²) >= 11 is 6.29. The Morgan fingerprint density at radius 2 is 2.25 bits per heavy atom. The van der Waals surface area contributed by atoms with Gasteiger partial charge >= 0.3 is 0 Å². The first-order valence-corrected chi connectivity index (χ1v) is 7.61. The zero-order chi connectivity index (χ0) is 14.1. The minimum absolute atomic E-state index is 0.462. The summed E-state index contributed by atoms with van der Waals surface area (Å²) in [4.78, 5) is 7.01. The minimum atomic E-state index is 0.462. The van der Waals surface area contributed by atoms with Crippen LogP contribution in [0.25, 0.3) is 10.9 Å². The largest absolute Gasteiger partial charge is 0.364 e. The molecule has 3 nitrogen and oxygen atoms in total. The van der Waals surface area contributed by atoms with E-state index < -0.39 is 0 Å².